The lowest BCUT2D eigenvalue weighted by molar-refractivity contribution is 0.489. The summed E-state index contributed by atoms with van der Waals surface area (Å²) in [4.78, 5) is 0. The van der Waals surface area contributed by atoms with Crippen molar-refractivity contribution >= 4 is 31.8 Å². The summed E-state index contributed by atoms with van der Waals surface area (Å²) < 4.78 is 7.06. The molecule has 1 rings (SSSR count). The van der Waals surface area contributed by atoms with Gasteiger partial charge in [-0.1, -0.05) is 52.8 Å². The predicted molar refractivity (Wildman–Crippen MR) is 103 cm³/mol. The van der Waals surface area contributed by atoms with Crippen LogP contribution in [-0.4, -0.2) is 19.8 Å². The van der Waals surface area contributed by atoms with E-state index in [0.29, 0.717) is 4.58 Å². The average molecular weight is 343 g/mol. The molecule has 0 atom stereocenters. The highest BCUT2D eigenvalue weighted by atomic mass is 32.2. The lowest BCUT2D eigenvalue weighted by Crippen LogP contribution is -2.44. The van der Waals surface area contributed by atoms with Gasteiger partial charge >= 0.3 is 0 Å². The zero-order valence-corrected chi connectivity index (χ0v) is 17.2. The molecule has 4 heteroatoms. The van der Waals surface area contributed by atoms with Crippen LogP contribution in [0, 0.1) is 0 Å². The van der Waals surface area contributed by atoms with Crippen molar-refractivity contribution in [1.29, 1.82) is 0 Å². The summed E-state index contributed by atoms with van der Waals surface area (Å²) in [5, 5.41) is 0.228. The van der Waals surface area contributed by atoms with Gasteiger partial charge in [0, 0.05) is 5.56 Å². The number of benzene rings is 1. The van der Waals surface area contributed by atoms with Crippen molar-refractivity contribution in [3.05, 3.63) is 29.8 Å². The van der Waals surface area contributed by atoms with Crippen LogP contribution in [0.25, 0.3) is 0 Å². The van der Waals surface area contributed by atoms with E-state index in [0.717, 1.165) is 17.3 Å². The third-order valence-electron chi connectivity index (χ3n) is 3.98. The minimum Gasteiger partial charge on any atom is -0.543 e. The van der Waals surface area contributed by atoms with Gasteiger partial charge in [-0.05, 0) is 35.7 Å². The summed E-state index contributed by atoms with van der Waals surface area (Å²) in [5.41, 5.74) is 1.35. The van der Waals surface area contributed by atoms with Crippen molar-refractivity contribution in [3.63, 3.8) is 0 Å². The molecule has 1 aromatic carbocycles. The molecule has 0 aliphatic carbocycles. The molecule has 0 heterocycles. The van der Waals surface area contributed by atoms with E-state index in [2.05, 4.69) is 72.0 Å². The summed E-state index contributed by atoms with van der Waals surface area (Å²) in [6.07, 6.45) is 0. The Morgan fingerprint density at radius 2 is 1.57 bits per heavy atom. The second-order valence-electron chi connectivity index (χ2n) is 6.64. The van der Waals surface area contributed by atoms with Crippen LogP contribution in [0.1, 0.15) is 44.8 Å². The standard InChI is InChI=1S/C17H30OS2Si/c1-8-19-16(20-9-2)14-12-10-11-13-15(14)18-21(6,7)17(3,4)5/h10-13,16H,8-9H2,1-7H3. The van der Waals surface area contributed by atoms with Gasteiger partial charge in [-0.25, -0.2) is 0 Å². The van der Waals surface area contributed by atoms with Crippen molar-refractivity contribution in [2.45, 2.75) is 57.3 Å². The zero-order chi connectivity index (χ0) is 16.1. The Hall–Kier alpha value is -0.0631. The Morgan fingerprint density at radius 3 is 2.05 bits per heavy atom. The zero-order valence-electron chi connectivity index (χ0n) is 14.5. The fraction of sp³-hybridized carbons (Fsp3) is 0.647. The van der Waals surface area contributed by atoms with E-state index in [1.807, 2.05) is 23.5 Å². The Kier molecular flexibility index (Phi) is 7.21. The summed E-state index contributed by atoms with van der Waals surface area (Å²) >= 11 is 4.00. The molecule has 0 N–H and O–H groups in total. The van der Waals surface area contributed by atoms with E-state index in [1.165, 1.54) is 5.56 Å². The van der Waals surface area contributed by atoms with Crippen LogP contribution in [0.5, 0.6) is 5.75 Å². The average Bonchev–Trinajstić information content (AvgIpc) is 2.37. The smallest absolute Gasteiger partial charge is 0.250 e. The molecule has 1 nitrogen and oxygen atoms in total. The van der Waals surface area contributed by atoms with Gasteiger partial charge in [0.2, 0.25) is 8.32 Å². The Labute approximate surface area is 140 Å². The van der Waals surface area contributed by atoms with Crippen LogP contribution in [0.4, 0.5) is 0 Å². The SMILES string of the molecule is CCSC(SCC)c1ccccc1O[Si](C)(C)C(C)(C)C. The molecule has 0 spiro atoms. The Morgan fingerprint density at radius 1 is 1.05 bits per heavy atom. The van der Waals surface area contributed by atoms with E-state index >= 15 is 0 Å². The maximum absolute atomic E-state index is 6.58. The molecule has 21 heavy (non-hydrogen) atoms. The highest BCUT2D eigenvalue weighted by Gasteiger charge is 2.39. The number of para-hydroxylation sites is 1. The molecule has 0 radical (unpaired) electrons. The van der Waals surface area contributed by atoms with E-state index < -0.39 is 8.32 Å². The van der Waals surface area contributed by atoms with Gasteiger partial charge in [0.15, 0.2) is 0 Å². The molecular weight excluding hydrogens is 312 g/mol. The first-order valence-electron chi connectivity index (χ1n) is 7.74. The summed E-state index contributed by atoms with van der Waals surface area (Å²) in [6.45, 7) is 16.0. The van der Waals surface area contributed by atoms with Gasteiger partial charge in [0.05, 0.1) is 4.58 Å². The van der Waals surface area contributed by atoms with Crippen molar-refractivity contribution in [3.8, 4) is 5.75 Å². The monoisotopic (exact) mass is 342 g/mol. The summed E-state index contributed by atoms with van der Waals surface area (Å²) in [5.74, 6) is 3.36. The van der Waals surface area contributed by atoms with Gasteiger partial charge in [-0.15, -0.1) is 23.5 Å². The molecule has 0 aliphatic rings. The third kappa shape index (κ3) is 5.26. The molecule has 0 fully saturated rings. The molecule has 0 aromatic heterocycles. The number of rotatable bonds is 7. The second-order valence-corrected chi connectivity index (χ2v) is 14.4. The Bertz CT molecular complexity index is 435. The predicted octanol–water partition coefficient (Wildman–Crippen LogP) is 6.58. The van der Waals surface area contributed by atoms with E-state index in [9.17, 15) is 0 Å². The second kappa shape index (κ2) is 7.98. The fourth-order valence-corrected chi connectivity index (χ4v) is 5.32. The Balaban J connectivity index is 3.08. The largest absolute Gasteiger partial charge is 0.543 e. The first kappa shape index (κ1) is 19.0. The van der Waals surface area contributed by atoms with Gasteiger partial charge in [0.1, 0.15) is 5.75 Å². The maximum Gasteiger partial charge on any atom is 0.250 e. The molecule has 0 bridgehead atoms. The van der Waals surface area contributed by atoms with Gasteiger partial charge < -0.3 is 4.43 Å². The van der Waals surface area contributed by atoms with Crippen LogP contribution in [0.3, 0.4) is 0 Å². The van der Waals surface area contributed by atoms with Crippen LogP contribution in [-0.2, 0) is 0 Å². The fourth-order valence-electron chi connectivity index (χ4n) is 1.73. The first-order chi connectivity index (χ1) is 9.73. The third-order valence-corrected chi connectivity index (χ3v) is 10.9. The first-order valence-corrected chi connectivity index (χ1v) is 12.7. The molecule has 0 aliphatic heterocycles. The quantitative estimate of drug-likeness (QED) is 0.409. The summed E-state index contributed by atoms with van der Waals surface area (Å²) in [6, 6.07) is 8.61. The van der Waals surface area contributed by atoms with Gasteiger partial charge in [0.25, 0.3) is 0 Å². The van der Waals surface area contributed by atoms with Crippen LogP contribution >= 0.6 is 23.5 Å². The molecule has 0 unspecified atom stereocenters. The number of hydrogen-bond donors (Lipinski definition) is 0. The lowest BCUT2D eigenvalue weighted by Gasteiger charge is -2.37. The van der Waals surface area contributed by atoms with E-state index in [4.69, 9.17) is 4.43 Å². The normalized spacial score (nSPS) is 12.8. The van der Waals surface area contributed by atoms with Crippen LogP contribution in [0.2, 0.25) is 18.1 Å². The highest BCUT2D eigenvalue weighted by molar-refractivity contribution is 8.16. The molecule has 0 saturated carbocycles. The molecular formula is C17H30OS2Si. The van der Waals surface area contributed by atoms with Crippen molar-refractivity contribution in [1.82, 2.24) is 0 Å². The van der Waals surface area contributed by atoms with Crippen LogP contribution < -0.4 is 4.43 Å². The van der Waals surface area contributed by atoms with Crippen molar-refractivity contribution in [2.24, 2.45) is 0 Å². The summed E-state index contributed by atoms with van der Waals surface area (Å²) in [7, 11) is -1.79. The number of thioether (sulfide) groups is 2. The maximum atomic E-state index is 6.58. The van der Waals surface area contributed by atoms with Crippen molar-refractivity contribution in [2.75, 3.05) is 11.5 Å². The number of hydrogen-bond acceptors (Lipinski definition) is 3. The van der Waals surface area contributed by atoms with E-state index in [1.54, 1.807) is 0 Å². The van der Waals surface area contributed by atoms with Gasteiger partial charge in [-0.2, -0.15) is 0 Å². The molecule has 1 aromatic rings. The highest BCUT2D eigenvalue weighted by Crippen LogP contribution is 2.45. The topological polar surface area (TPSA) is 9.23 Å². The lowest BCUT2D eigenvalue weighted by atomic mass is 10.2. The van der Waals surface area contributed by atoms with Crippen LogP contribution in [0.15, 0.2) is 24.3 Å². The molecule has 0 saturated heterocycles. The van der Waals surface area contributed by atoms with Gasteiger partial charge in [-0.3, -0.25) is 0 Å². The molecule has 0 amide bonds. The molecule has 120 valence electrons. The van der Waals surface area contributed by atoms with Crippen molar-refractivity contribution < 1.29 is 4.43 Å². The minimum absolute atomic E-state index is 0.228. The van der Waals surface area contributed by atoms with E-state index in [-0.39, 0.29) is 5.04 Å². The minimum atomic E-state index is -1.79.